The Morgan fingerprint density at radius 3 is 2.41 bits per heavy atom. The molecule has 0 aliphatic rings. The van der Waals surface area contributed by atoms with Crippen LogP contribution in [0.25, 0.3) is 5.69 Å². The van der Waals surface area contributed by atoms with Gasteiger partial charge in [-0.2, -0.15) is 31.4 Å². The van der Waals surface area contributed by atoms with Crippen LogP contribution in [0, 0.1) is 0 Å². The van der Waals surface area contributed by atoms with Gasteiger partial charge >= 0.3 is 18.4 Å². The van der Waals surface area contributed by atoms with E-state index >= 15 is 0 Å². The highest BCUT2D eigenvalue weighted by Crippen LogP contribution is 2.36. The lowest BCUT2D eigenvalue weighted by atomic mass is 10.1. The second kappa shape index (κ2) is 8.36. The molecule has 29 heavy (non-hydrogen) atoms. The first-order valence-electron chi connectivity index (χ1n) is 7.85. The second-order valence-corrected chi connectivity index (χ2v) is 5.72. The van der Waals surface area contributed by atoms with Crippen LogP contribution in [0.1, 0.15) is 12.5 Å². The summed E-state index contributed by atoms with van der Waals surface area (Å²) in [7, 11) is 0. The van der Waals surface area contributed by atoms with Crippen LogP contribution in [0.5, 0.6) is 0 Å². The van der Waals surface area contributed by atoms with Gasteiger partial charge in [-0.1, -0.05) is 0 Å². The fourth-order valence-electron chi connectivity index (χ4n) is 2.12. The van der Waals surface area contributed by atoms with Gasteiger partial charge in [-0.25, -0.2) is 14.5 Å². The standard InChI is InChI=1S/C15H14F6N6O2/c1-8(12(28)23-5-14(16,17)18)25-13(29)26-11-3-2-9(27-7-22-6-24-27)4-10(11)15(19,20)21/h2-4,6-8H,5H2,1H3,(H,23,28)(H2,25,26,29)/t8-/m1/s1. The molecule has 0 bridgehead atoms. The number of carbonyl (C=O) groups is 2. The molecular weight excluding hydrogens is 410 g/mol. The number of benzene rings is 1. The molecule has 0 spiro atoms. The molecule has 14 heteroatoms. The molecule has 1 heterocycles. The Hall–Kier alpha value is -3.32. The molecule has 2 aromatic rings. The van der Waals surface area contributed by atoms with Crippen molar-refractivity contribution in [1.29, 1.82) is 0 Å². The summed E-state index contributed by atoms with van der Waals surface area (Å²) in [5.74, 6) is -1.16. The molecular formula is C15H14F6N6O2. The van der Waals surface area contributed by atoms with E-state index in [0.717, 1.165) is 30.1 Å². The molecule has 1 aromatic heterocycles. The van der Waals surface area contributed by atoms with Crippen molar-refractivity contribution in [3.05, 3.63) is 36.4 Å². The molecule has 0 saturated heterocycles. The van der Waals surface area contributed by atoms with Crippen LogP contribution in [-0.2, 0) is 11.0 Å². The monoisotopic (exact) mass is 424 g/mol. The zero-order valence-electron chi connectivity index (χ0n) is 14.6. The number of nitrogens with zero attached hydrogens (tertiary/aromatic N) is 3. The fourth-order valence-corrected chi connectivity index (χ4v) is 2.12. The number of hydrogen-bond donors (Lipinski definition) is 3. The third-order valence-corrected chi connectivity index (χ3v) is 3.44. The number of urea groups is 1. The third-order valence-electron chi connectivity index (χ3n) is 3.44. The summed E-state index contributed by atoms with van der Waals surface area (Å²) in [4.78, 5) is 27.1. The van der Waals surface area contributed by atoms with Gasteiger partial charge in [0.15, 0.2) is 0 Å². The molecule has 0 fully saturated rings. The van der Waals surface area contributed by atoms with Crippen LogP contribution in [0.15, 0.2) is 30.9 Å². The van der Waals surface area contributed by atoms with E-state index in [0.29, 0.717) is 0 Å². The van der Waals surface area contributed by atoms with Gasteiger partial charge in [0.2, 0.25) is 5.91 Å². The zero-order chi connectivity index (χ0) is 21.8. The van der Waals surface area contributed by atoms with Crippen molar-refractivity contribution in [2.45, 2.75) is 25.3 Å². The lowest BCUT2D eigenvalue weighted by molar-refractivity contribution is -0.139. The molecule has 0 unspecified atom stereocenters. The van der Waals surface area contributed by atoms with Crippen molar-refractivity contribution in [3.63, 3.8) is 0 Å². The van der Waals surface area contributed by atoms with Gasteiger partial charge in [-0.15, -0.1) is 0 Å². The highest BCUT2D eigenvalue weighted by Gasteiger charge is 2.35. The molecule has 2 rings (SSSR count). The fraction of sp³-hybridized carbons (Fsp3) is 0.333. The first-order chi connectivity index (χ1) is 13.4. The van der Waals surface area contributed by atoms with Crippen molar-refractivity contribution < 1.29 is 35.9 Å². The molecule has 0 aliphatic heterocycles. The average molecular weight is 424 g/mol. The molecule has 0 aliphatic carbocycles. The molecule has 1 atom stereocenters. The van der Waals surface area contributed by atoms with E-state index in [4.69, 9.17) is 0 Å². The summed E-state index contributed by atoms with van der Waals surface area (Å²) < 4.78 is 77.3. The molecule has 1 aromatic carbocycles. The Balaban J connectivity index is 2.10. The quantitative estimate of drug-likeness (QED) is 0.642. The maximum absolute atomic E-state index is 13.3. The van der Waals surface area contributed by atoms with Crippen LogP contribution >= 0.6 is 0 Å². The van der Waals surface area contributed by atoms with Gasteiger partial charge in [0.25, 0.3) is 0 Å². The number of nitrogens with one attached hydrogen (secondary N) is 3. The van der Waals surface area contributed by atoms with E-state index in [1.807, 2.05) is 10.6 Å². The molecule has 158 valence electrons. The summed E-state index contributed by atoms with van der Waals surface area (Å²) in [5, 5.41) is 9.15. The first kappa shape index (κ1) is 22.0. The first-order valence-corrected chi connectivity index (χ1v) is 7.85. The number of carbonyl (C=O) groups excluding carboxylic acids is 2. The summed E-state index contributed by atoms with van der Waals surface area (Å²) in [6.07, 6.45) is -7.19. The van der Waals surface area contributed by atoms with E-state index in [1.165, 1.54) is 12.4 Å². The van der Waals surface area contributed by atoms with Crippen molar-refractivity contribution in [1.82, 2.24) is 25.4 Å². The summed E-state index contributed by atoms with van der Waals surface area (Å²) >= 11 is 0. The number of halogens is 6. The topological polar surface area (TPSA) is 101 Å². The maximum atomic E-state index is 13.3. The largest absolute Gasteiger partial charge is 0.418 e. The number of anilines is 1. The summed E-state index contributed by atoms with van der Waals surface area (Å²) in [6, 6.07) is 0.288. The smallest absolute Gasteiger partial charge is 0.345 e. The van der Waals surface area contributed by atoms with Gasteiger partial charge in [-0.3, -0.25) is 4.79 Å². The Kier molecular flexibility index (Phi) is 6.34. The van der Waals surface area contributed by atoms with Crippen LogP contribution in [-0.4, -0.2) is 45.5 Å². The molecule has 0 saturated carbocycles. The van der Waals surface area contributed by atoms with Crippen LogP contribution in [0.2, 0.25) is 0 Å². The molecule has 3 amide bonds. The van der Waals surface area contributed by atoms with Crippen molar-refractivity contribution >= 4 is 17.6 Å². The zero-order valence-corrected chi connectivity index (χ0v) is 14.6. The summed E-state index contributed by atoms with van der Waals surface area (Å²) in [6.45, 7) is -0.536. The van der Waals surface area contributed by atoms with E-state index in [1.54, 1.807) is 5.32 Å². The Morgan fingerprint density at radius 1 is 1.17 bits per heavy atom. The van der Waals surface area contributed by atoms with E-state index in [9.17, 15) is 35.9 Å². The number of hydrogen-bond acceptors (Lipinski definition) is 4. The normalized spacial score (nSPS) is 12.9. The van der Waals surface area contributed by atoms with Gasteiger partial charge in [-0.05, 0) is 25.1 Å². The van der Waals surface area contributed by atoms with Crippen LogP contribution in [0.4, 0.5) is 36.8 Å². The number of alkyl halides is 6. The Morgan fingerprint density at radius 2 is 1.86 bits per heavy atom. The lowest BCUT2D eigenvalue weighted by Gasteiger charge is -2.18. The summed E-state index contributed by atoms with van der Waals surface area (Å²) in [5.41, 5.74) is -1.79. The molecule has 8 nitrogen and oxygen atoms in total. The average Bonchev–Trinajstić information content (AvgIpc) is 3.12. The minimum Gasteiger partial charge on any atom is -0.345 e. The second-order valence-electron chi connectivity index (χ2n) is 5.72. The minimum atomic E-state index is -4.84. The van der Waals surface area contributed by atoms with E-state index in [-0.39, 0.29) is 5.69 Å². The Labute approximate surface area is 159 Å². The highest BCUT2D eigenvalue weighted by atomic mass is 19.4. The number of rotatable bonds is 5. The highest BCUT2D eigenvalue weighted by molar-refractivity contribution is 5.94. The predicted molar refractivity (Wildman–Crippen MR) is 87.0 cm³/mol. The van der Waals surface area contributed by atoms with Crippen LogP contribution < -0.4 is 16.0 Å². The van der Waals surface area contributed by atoms with Gasteiger partial charge < -0.3 is 16.0 Å². The predicted octanol–water partition coefficient (Wildman–Crippen LogP) is 2.47. The number of amides is 3. The van der Waals surface area contributed by atoms with E-state index < -0.39 is 48.1 Å². The van der Waals surface area contributed by atoms with Crippen molar-refractivity contribution in [2.75, 3.05) is 11.9 Å². The number of aromatic nitrogens is 3. The van der Waals surface area contributed by atoms with Gasteiger partial charge in [0.1, 0.15) is 25.2 Å². The van der Waals surface area contributed by atoms with E-state index in [2.05, 4.69) is 10.1 Å². The third kappa shape index (κ3) is 6.36. The maximum Gasteiger partial charge on any atom is 0.418 e. The SMILES string of the molecule is C[C@@H](NC(=O)Nc1ccc(-n2cncn2)cc1C(F)(F)F)C(=O)NCC(F)(F)F. The Bertz CT molecular complexity index is 865. The van der Waals surface area contributed by atoms with Crippen LogP contribution in [0.3, 0.4) is 0 Å². The van der Waals surface area contributed by atoms with Gasteiger partial charge in [0.05, 0.1) is 16.9 Å². The lowest BCUT2D eigenvalue weighted by Crippen LogP contribution is -2.48. The van der Waals surface area contributed by atoms with Gasteiger partial charge in [0, 0.05) is 0 Å². The molecule has 0 radical (unpaired) electrons. The minimum absolute atomic E-state index is 0.0284. The molecule has 3 N–H and O–H groups in total. The van der Waals surface area contributed by atoms with Crippen molar-refractivity contribution in [3.8, 4) is 5.69 Å². The van der Waals surface area contributed by atoms with Crippen molar-refractivity contribution in [2.24, 2.45) is 0 Å².